The van der Waals surface area contributed by atoms with E-state index in [-0.39, 0.29) is 17.2 Å². The molecule has 0 radical (unpaired) electrons. The van der Waals surface area contributed by atoms with Crippen LogP contribution in [0, 0.1) is 6.92 Å². The Kier molecular flexibility index (Phi) is 7.09. The summed E-state index contributed by atoms with van der Waals surface area (Å²) in [4.78, 5) is 4.07. The number of nitrogens with one attached hydrogen (secondary N) is 1. The molecule has 1 atom stereocenters. The molecule has 3 rings (SSSR count). The molecule has 2 aromatic carbocycles. The highest BCUT2D eigenvalue weighted by Crippen LogP contribution is 2.29. The van der Waals surface area contributed by atoms with Crippen molar-refractivity contribution in [1.82, 2.24) is 9.71 Å². The summed E-state index contributed by atoms with van der Waals surface area (Å²) in [6, 6.07) is 16.4. The van der Waals surface area contributed by atoms with Gasteiger partial charge in [0, 0.05) is 18.9 Å². The van der Waals surface area contributed by atoms with Gasteiger partial charge in [0.25, 0.3) is 0 Å². The molecule has 0 aliphatic carbocycles. The lowest BCUT2D eigenvalue weighted by Gasteiger charge is -2.19. The van der Waals surface area contributed by atoms with Crippen molar-refractivity contribution in [2.45, 2.75) is 22.8 Å². The van der Waals surface area contributed by atoms with Gasteiger partial charge in [0.05, 0.1) is 17.8 Å². The lowest BCUT2D eigenvalue weighted by atomic mass is 10.2. The molecule has 7 nitrogen and oxygen atoms in total. The Morgan fingerprint density at radius 2 is 1.74 bits per heavy atom. The van der Waals surface area contributed by atoms with Crippen LogP contribution in [0.2, 0.25) is 0 Å². The molecule has 0 fully saturated rings. The smallest absolute Gasteiger partial charge is 0.215 e. The van der Waals surface area contributed by atoms with Gasteiger partial charge >= 0.3 is 0 Å². The lowest BCUT2D eigenvalue weighted by Crippen LogP contribution is -2.32. The number of ether oxygens (including phenoxy) is 1. The van der Waals surface area contributed by atoms with Crippen molar-refractivity contribution in [2.24, 2.45) is 0 Å². The van der Waals surface area contributed by atoms with Crippen LogP contribution in [0.15, 0.2) is 78.0 Å². The highest BCUT2D eigenvalue weighted by atomic mass is 32.2. The van der Waals surface area contributed by atoms with Crippen molar-refractivity contribution in [1.29, 1.82) is 0 Å². The third-order valence-corrected chi connectivity index (χ3v) is 8.18. The fourth-order valence-electron chi connectivity index (χ4n) is 3.18. The first-order chi connectivity index (χ1) is 14.7. The molecule has 0 saturated carbocycles. The average molecular weight is 461 g/mol. The van der Waals surface area contributed by atoms with E-state index in [4.69, 9.17) is 4.74 Å². The van der Waals surface area contributed by atoms with Gasteiger partial charge in [-0.25, -0.2) is 21.6 Å². The van der Waals surface area contributed by atoms with Crippen molar-refractivity contribution in [3.05, 3.63) is 89.7 Å². The van der Waals surface area contributed by atoms with Crippen LogP contribution in [0.1, 0.15) is 21.9 Å². The molecule has 3 aromatic rings. The molecule has 1 unspecified atom stereocenters. The number of hydrogen-bond acceptors (Lipinski definition) is 6. The Labute approximate surface area is 183 Å². The van der Waals surface area contributed by atoms with Crippen LogP contribution in [0.3, 0.4) is 0 Å². The van der Waals surface area contributed by atoms with Crippen molar-refractivity contribution >= 4 is 19.9 Å². The van der Waals surface area contributed by atoms with Crippen molar-refractivity contribution in [2.75, 3.05) is 13.7 Å². The minimum Gasteiger partial charge on any atom is -0.497 e. The molecule has 0 aliphatic rings. The Morgan fingerprint density at radius 3 is 2.35 bits per heavy atom. The van der Waals surface area contributed by atoms with E-state index in [9.17, 15) is 16.8 Å². The second kappa shape index (κ2) is 9.59. The molecule has 1 heterocycles. The van der Waals surface area contributed by atoms with E-state index in [0.29, 0.717) is 16.9 Å². The molecule has 1 aromatic heterocycles. The molecule has 0 bridgehead atoms. The van der Waals surface area contributed by atoms with Crippen molar-refractivity contribution < 1.29 is 21.6 Å². The van der Waals surface area contributed by atoms with Gasteiger partial charge in [0.2, 0.25) is 10.0 Å². The van der Waals surface area contributed by atoms with Gasteiger partial charge < -0.3 is 4.74 Å². The molecule has 31 heavy (non-hydrogen) atoms. The molecule has 0 spiro atoms. The van der Waals surface area contributed by atoms with E-state index in [0.717, 1.165) is 5.56 Å². The summed E-state index contributed by atoms with van der Waals surface area (Å²) < 4.78 is 59.6. The van der Waals surface area contributed by atoms with Crippen LogP contribution in [-0.4, -0.2) is 35.5 Å². The summed E-state index contributed by atoms with van der Waals surface area (Å²) in [5.41, 5.74) is 1.98. The zero-order chi connectivity index (χ0) is 22.5. The number of aryl methyl sites for hydroxylation is 1. The molecule has 0 aliphatic heterocycles. The first-order valence-electron chi connectivity index (χ1n) is 9.52. The van der Waals surface area contributed by atoms with E-state index in [1.54, 1.807) is 42.5 Å². The number of rotatable bonds is 9. The standard InChI is InChI=1S/C22H24N2O5S2/c1-17-5-3-6-18(13-17)16-30(25,26)24-15-22(19-7-4-12-23-14-19)31(27,28)21-10-8-20(29-2)9-11-21/h3-14,22,24H,15-16H2,1-2H3. The van der Waals surface area contributed by atoms with Gasteiger partial charge in [-0.1, -0.05) is 35.9 Å². The maximum Gasteiger partial charge on any atom is 0.215 e. The van der Waals surface area contributed by atoms with Crippen LogP contribution in [-0.2, 0) is 25.6 Å². The minimum atomic E-state index is -3.90. The Hall–Kier alpha value is -2.75. The molecule has 0 amide bonds. The van der Waals surface area contributed by atoms with E-state index >= 15 is 0 Å². The fraction of sp³-hybridized carbons (Fsp3) is 0.227. The quantitative estimate of drug-likeness (QED) is 0.527. The second-order valence-corrected chi connectivity index (χ2v) is 11.0. The average Bonchev–Trinajstić information content (AvgIpc) is 2.74. The lowest BCUT2D eigenvalue weighted by molar-refractivity contribution is 0.414. The molecule has 164 valence electrons. The van der Waals surface area contributed by atoms with Gasteiger partial charge in [0.15, 0.2) is 9.84 Å². The van der Waals surface area contributed by atoms with Gasteiger partial charge in [-0.15, -0.1) is 0 Å². The third kappa shape index (κ3) is 5.90. The monoisotopic (exact) mass is 460 g/mol. The van der Waals surface area contributed by atoms with Crippen LogP contribution in [0.5, 0.6) is 5.75 Å². The predicted molar refractivity (Wildman–Crippen MR) is 119 cm³/mol. The number of benzene rings is 2. The predicted octanol–water partition coefficient (Wildman–Crippen LogP) is 3.03. The molecule has 1 N–H and O–H groups in total. The Bertz CT molecular complexity index is 1230. The van der Waals surface area contributed by atoms with E-state index in [1.807, 2.05) is 13.0 Å². The highest BCUT2D eigenvalue weighted by molar-refractivity contribution is 7.92. The first-order valence-corrected chi connectivity index (χ1v) is 12.7. The van der Waals surface area contributed by atoms with Gasteiger partial charge in [0.1, 0.15) is 11.0 Å². The molecule has 9 heteroatoms. The Balaban J connectivity index is 1.87. The Morgan fingerprint density at radius 1 is 1.00 bits per heavy atom. The number of aromatic nitrogens is 1. The summed E-state index contributed by atoms with van der Waals surface area (Å²) in [5, 5.41) is -1.14. The van der Waals surface area contributed by atoms with Crippen molar-refractivity contribution in [3.8, 4) is 5.75 Å². The van der Waals surface area contributed by atoms with Crippen LogP contribution >= 0.6 is 0 Å². The highest BCUT2D eigenvalue weighted by Gasteiger charge is 2.31. The van der Waals surface area contributed by atoms with E-state index in [2.05, 4.69) is 9.71 Å². The SMILES string of the molecule is COc1ccc(S(=O)(=O)C(CNS(=O)(=O)Cc2cccc(C)c2)c2cccnc2)cc1. The molecule has 0 saturated heterocycles. The van der Waals surface area contributed by atoms with Gasteiger partial charge in [-0.2, -0.15) is 0 Å². The number of sulfone groups is 1. The van der Waals surface area contributed by atoms with Crippen LogP contribution in [0.25, 0.3) is 0 Å². The number of pyridine rings is 1. The largest absolute Gasteiger partial charge is 0.497 e. The summed E-state index contributed by atoms with van der Waals surface area (Å²) in [5.74, 6) is 0.285. The number of hydrogen-bond donors (Lipinski definition) is 1. The van der Waals surface area contributed by atoms with E-state index < -0.39 is 25.1 Å². The zero-order valence-corrected chi connectivity index (χ0v) is 18.9. The first kappa shape index (κ1) is 22.9. The minimum absolute atomic E-state index is 0.0695. The third-order valence-electron chi connectivity index (χ3n) is 4.75. The summed E-state index contributed by atoms with van der Waals surface area (Å²) >= 11 is 0. The normalized spacial score (nSPS) is 13.0. The van der Waals surface area contributed by atoms with Crippen LogP contribution in [0.4, 0.5) is 0 Å². The number of nitrogens with zero attached hydrogens (tertiary/aromatic N) is 1. The van der Waals surface area contributed by atoms with Gasteiger partial charge in [-0.3, -0.25) is 4.98 Å². The zero-order valence-electron chi connectivity index (χ0n) is 17.2. The summed E-state index contributed by atoms with van der Waals surface area (Å²) in [6.45, 7) is 1.57. The maximum absolute atomic E-state index is 13.3. The number of sulfonamides is 1. The molecular formula is C22H24N2O5S2. The second-order valence-electron chi connectivity index (χ2n) is 7.09. The maximum atomic E-state index is 13.3. The van der Waals surface area contributed by atoms with Crippen molar-refractivity contribution in [3.63, 3.8) is 0 Å². The molecular weight excluding hydrogens is 436 g/mol. The van der Waals surface area contributed by atoms with Gasteiger partial charge in [-0.05, 0) is 48.4 Å². The van der Waals surface area contributed by atoms with Crippen LogP contribution < -0.4 is 9.46 Å². The van der Waals surface area contributed by atoms with E-state index in [1.165, 1.54) is 31.6 Å². The topological polar surface area (TPSA) is 102 Å². The summed E-state index contributed by atoms with van der Waals surface area (Å²) in [7, 11) is -6.18. The number of methoxy groups -OCH3 is 1. The fourth-order valence-corrected chi connectivity index (χ4v) is 6.07. The summed E-state index contributed by atoms with van der Waals surface area (Å²) in [6.07, 6.45) is 2.96.